The van der Waals surface area contributed by atoms with Crippen molar-refractivity contribution in [3.05, 3.63) is 59.9 Å². The van der Waals surface area contributed by atoms with Gasteiger partial charge in [-0.2, -0.15) is 0 Å². The van der Waals surface area contributed by atoms with Gasteiger partial charge in [0.1, 0.15) is 17.4 Å². The number of aryl methyl sites for hydroxylation is 1. The molecule has 1 aliphatic rings. The first-order valence-corrected chi connectivity index (χ1v) is 15.3. The molecule has 1 heterocycles. The first-order chi connectivity index (χ1) is 19.0. The van der Waals surface area contributed by atoms with Gasteiger partial charge in [-0.15, -0.1) is 0 Å². The van der Waals surface area contributed by atoms with Gasteiger partial charge in [-0.25, -0.2) is 9.97 Å². The van der Waals surface area contributed by atoms with Crippen molar-refractivity contribution in [1.29, 1.82) is 0 Å². The van der Waals surface area contributed by atoms with Crippen LogP contribution in [0.2, 0.25) is 0 Å². The standard InChI is InChI=1S/C19H31NO.C11H13N3.C4H10/c1-2-3-7-14-21-19-12-10-18(11-13-19)16-20-15-17-8-5-4-6-9-17;1-8-12-10-7-5-4-6-9(10)11(13-8)14(2)3;1-3-4-2/h10-13,17,20H,2-9,14-16H2,1H3;4-7H,1-3H3;3-4H2,1-2H3. The zero-order chi connectivity index (χ0) is 28.3. The van der Waals surface area contributed by atoms with Crippen LogP contribution < -0.4 is 15.0 Å². The molecule has 0 amide bonds. The lowest BCUT2D eigenvalue weighted by molar-refractivity contribution is 0.306. The summed E-state index contributed by atoms with van der Waals surface area (Å²) < 4.78 is 5.74. The average Bonchev–Trinajstić information content (AvgIpc) is 2.96. The Labute approximate surface area is 238 Å². The summed E-state index contributed by atoms with van der Waals surface area (Å²) in [4.78, 5) is 10.8. The van der Waals surface area contributed by atoms with Gasteiger partial charge in [0.25, 0.3) is 0 Å². The normalized spacial score (nSPS) is 13.2. The molecule has 1 aromatic heterocycles. The monoisotopic (exact) mass is 534 g/mol. The molecule has 0 radical (unpaired) electrons. The van der Waals surface area contributed by atoms with Crippen LogP contribution in [0.5, 0.6) is 5.75 Å². The smallest absolute Gasteiger partial charge is 0.139 e. The zero-order valence-corrected chi connectivity index (χ0v) is 25.6. The maximum Gasteiger partial charge on any atom is 0.139 e. The molecule has 1 fully saturated rings. The van der Waals surface area contributed by atoms with E-state index in [9.17, 15) is 0 Å². The Kier molecular flexibility index (Phi) is 16.2. The van der Waals surface area contributed by atoms with E-state index in [1.165, 1.54) is 69.9 Å². The largest absolute Gasteiger partial charge is 0.494 e. The zero-order valence-electron chi connectivity index (χ0n) is 25.6. The van der Waals surface area contributed by atoms with E-state index >= 15 is 0 Å². The maximum atomic E-state index is 5.74. The molecule has 4 rings (SSSR count). The van der Waals surface area contributed by atoms with Gasteiger partial charge in [0.15, 0.2) is 0 Å². The van der Waals surface area contributed by atoms with Gasteiger partial charge in [0, 0.05) is 26.0 Å². The first-order valence-electron chi connectivity index (χ1n) is 15.3. The quantitative estimate of drug-likeness (QED) is 0.249. The van der Waals surface area contributed by atoms with Crippen LogP contribution in [0.25, 0.3) is 10.9 Å². The Morgan fingerprint density at radius 2 is 1.54 bits per heavy atom. The van der Waals surface area contributed by atoms with Crippen molar-refractivity contribution in [2.24, 2.45) is 5.92 Å². The molecular weight excluding hydrogens is 480 g/mol. The van der Waals surface area contributed by atoms with Gasteiger partial charge < -0.3 is 15.0 Å². The third kappa shape index (κ3) is 12.8. The van der Waals surface area contributed by atoms with Gasteiger partial charge in [-0.3, -0.25) is 0 Å². The highest BCUT2D eigenvalue weighted by Crippen LogP contribution is 2.23. The highest BCUT2D eigenvalue weighted by atomic mass is 16.5. The van der Waals surface area contributed by atoms with Crippen molar-refractivity contribution >= 4 is 16.7 Å². The molecule has 5 nitrogen and oxygen atoms in total. The average molecular weight is 535 g/mol. The minimum absolute atomic E-state index is 0.812. The van der Waals surface area contributed by atoms with Crippen LogP contribution in [-0.2, 0) is 6.54 Å². The molecule has 0 bridgehead atoms. The highest BCUT2D eigenvalue weighted by molar-refractivity contribution is 5.89. The SMILES string of the molecule is CCCC.CCCCCOc1ccc(CNCC2CCCCC2)cc1.Cc1nc(N(C)C)c2ccccc2n1. The third-order valence-corrected chi connectivity index (χ3v) is 7.05. The number of fused-ring (bicyclic) bond motifs is 1. The predicted octanol–water partition coefficient (Wildman–Crippen LogP) is 8.74. The van der Waals surface area contributed by atoms with E-state index in [1.54, 1.807) is 0 Å². The number of nitrogens with zero attached hydrogens (tertiary/aromatic N) is 3. The van der Waals surface area contributed by atoms with Crippen LogP contribution in [0.15, 0.2) is 48.5 Å². The first kappa shape index (κ1) is 32.6. The van der Waals surface area contributed by atoms with E-state index in [2.05, 4.69) is 60.3 Å². The molecule has 2 aromatic carbocycles. The summed E-state index contributed by atoms with van der Waals surface area (Å²) in [6.45, 7) is 11.5. The summed E-state index contributed by atoms with van der Waals surface area (Å²) in [7, 11) is 3.99. The molecule has 0 spiro atoms. The third-order valence-electron chi connectivity index (χ3n) is 7.05. The van der Waals surface area contributed by atoms with Crippen molar-refractivity contribution in [3.63, 3.8) is 0 Å². The molecule has 1 N–H and O–H groups in total. The molecule has 0 saturated heterocycles. The van der Waals surface area contributed by atoms with Gasteiger partial charge in [-0.05, 0) is 68.5 Å². The molecule has 216 valence electrons. The number of para-hydroxylation sites is 1. The number of anilines is 1. The second-order valence-corrected chi connectivity index (χ2v) is 10.8. The summed E-state index contributed by atoms with van der Waals surface area (Å²) >= 11 is 0. The summed E-state index contributed by atoms with van der Waals surface area (Å²) in [5.74, 6) is 3.70. The Balaban J connectivity index is 0.000000254. The second-order valence-electron chi connectivity index (χ2n) is 10.8. The fraction of sp³-hybridized carbons (Fsp3) is 0.588. The van der Waals surface area contributed by atoms with Crippen LogP contribution >= 0.6 is 0 Å². The van der Waals surface area contributed by atoms with Crippen molar-refractivity contribution in [2.75, 3.05) is 32.1 Å². The number of ether oxygens (including phenoxy) is 1. The van der Waals surface area contributed by atoms with Gasteiger partial charge in [-0.1, -0.05) is 90.0 Å². The van der Waals surface area contributed by atoms with E-state index < -0.39 is 0 Å². The van der Waals surface area contributed by atoms with Crippen LogP contribution in [0.1, 0.15) is 96.4 Å². The van der Waals surface area contributed by atoms with E-state index in [1.807, 2.05) is 50.2 Å². The molecule has 0 atom stereocenters. The van der Waals surface area contributed by atoms with E-state index in [0.29, 0.717) is 0 Å². The minimum atomic E-state index is 0.812. The highest BCUT2D eigenvalue weighted by Gasteiger charge is 2.12. The van der Waals surface area contributed by atoms with Crippen LogP contribution in [0.3, 0.4) is 0 Å². The lowest BCUT2D eigenvalue weighted by Crippen LogP contribution is -2.24. The summed E-state index contributed by atoms with van der Waals surface area (Å²) in [5, 5.41) is 4.71. The molecule has 1 saturated carbocycles. The molecule has 1 aliphatic carbocycles. The van der Waals surface area contributed by atoms with E-state index in [0.717, 1.165) is 53.8 Å². The van der Waals surface area contributed by atoms with Crippen LogP contribution in [-0.4, -0.2) is 37.2 Å². The van der Waals surface area contributed by atoms with Gasteiger partial charge >= 0.3 is 0 Å². The number of benzene rings is 2. The Morgan fingerprint density at radius 3 is 2.18 bits per heavy atom. The summed E-state index contributed by atoms with van der Waals surface area (Å²) in [5.41, 5.74) is 2.36. The van der Waals surface area contributed by atoms with E-state index in [-0.39, 0.29) is 0 Å². The molecule has 0 unspecified atom stereocenters. The summed E-state index contributed by atoms with van der Waals surface area (Å²) in [6.07, 6.45) is 13.4. The second kappa shape index (κ2) is 19.4. The Bertz CT molecular complexity index is 1030. The molecule has 0 aliphatic heterocycles. The fourth-order valence-corrected chi connectivity index (χ4v) is 4.57. The van der Waals surface area contributed by atoms with Crippen LogP contribution in [0, 0.1) is 12.8 Å². The van der Waals surface area contributed by atoms with Crippen molar-refractivity contribution in [3.8, 4) is 5.75 Å². The molecule has 39 heavy (non-hydrogen) atoms. The number of aromatic nitrogens is 2. The van der Waals surface area contributed by atoms with Gasteiger partial charge in [0.2, 0.25) is 0 Å². The molecule has 5 heteroatoms. The number of hydrogen-bond donors (Lipinski definition) is 1. The topological polar surface area (TPSA) is 50.3 Å². The predicted molar refractivity (Wildman–Crippen MR) is 169 cm³/mol. The van der Waals surface area contributed by atoms with Crippen LogP contribution in [0.4, 0.5) is 5.82 Å². The number of nitrogens with one attached hydrogen (secondary N) is 1. The minimum Gasteiger partial charge on any atom is -0.494 e. The lowest BCUT2D eigenvalue weighted by atomic mass is 9.89. The van der Waals surface area contributed by atoms with Crippen molar-refractivity contribution < 1.29 is 4.74 Å². The lowest BCUT2D eigenvalue weighted by Gasteiger charge is -2.21. The molecular formula is C34H54N4O. The van der Waals surface area contributed by atoms with Crippen molar-refractivity contribution in [1.82, 2.24) is 15.3 Å². The number of rotatable bonds is 11. The van der Waals surface area contributed by atoms with Gasteiger partial charge in [0.05, 0.1) is 12.1 Å². The fourth-order valence-electron chi connectivity index (χ4n) is 4.57. The number of unbranched alkanes of at least 4 members (excludes halogenated alkanes) is 3. The maximum absolute atomic E-state index is 5.74. The van der Waals surface area contributed by atoms with E-state index in [4.69, 9.17) is 4.74 Å². The van der Waals surface area contributed by atoms with Crippen molar-refractivity contribution in [2.45, 2.75) is 98.4 Å². The Hall–Kier alpha value is -2.66. The summed E-state index contributed by atoms with van der Waals surface area (Å²) in [6, 6.07) is 16.6. The number of hydrogen-bond acceptors (Lipinski definition) is 5. The Morgan fingerprint density at radius 1 is 0.846 bits per heavy atom. The molecule has 3 aromatic rings.